The molecular weight excluding hydrogens is 450 g/mol. The molecule has 0 aliphatic heterocycles. The zero-order chi connectivity index (χ0) is 21.7. The summed E-state index contributed by atoms with van der Waals surface area (Å²) in [6.45, 7) is 4.10. The first-order valence-electron chi connectivity index (χ1n) is 9.49. The number of carbonyl (C=O) groups excluding carboxylic acids is 1. The summed E-state index contributed by atoms with van der Waals surface area (Å²) >= 11 is 3.52. The Hall–Kier alpha value is -2.87. The zero-order valence-electron chi connectivity index (χ0n) is 17.4. The van der Waals surface area contributed by atoms with Crippen molar-refractivity contribution in [3.63, 3.8) is 0 Å². The number of nitrogens with zero attached hydrogens (tertiary/aromatic N) is 2. The minimum absolute atomic E-state index is 0.0296. The van der Waals surface area contributed by atoms with E-state index in [2.05, 4.69) is 55.0 Å². The first-order valence-corrected chi connectivity index (χ1v) is 10.3. The predicted octanol–water partition coefficient (Wildman–Crippen LogP) is 4.82. The number of hydrogen-bond donors (Lipinski definition) is 1. The van der Waals surface area contributed by atoms with Gasteiger partial charge >= 0.3 is 5.97 Å². The molecule has 158 valence electrons. The second kappa shape index (κ2) is 9.75. The normalized spacial score (nSPS) is 11.8. The summed E-state index contributed by atoms with van der Waals surface area (Å²) in [5, 5.41) is 4.30. The van der Waals surface area contributed by atoms with Gasteiger partial charge in [0.15, 0.2) is 11.5 Å². The van der Waals surface area contributed by atoms with Gasteiger partial charge in [-0.1, -0.05) is 28.1 Å². The maximum atomic E-state index is 11.3. The van der Waals surface area contributed by atoms with Gasteiger partial charge in [0.2, 0.25) is 0 Å². The van der Waals surface area contributed by atoms with E-state index in [9.17, 15) is 4.79 Å². The minimum atomic E-state index is -0.332. The molecule has 2 aromatic carbocycles. The number of ether oxygens (including phenoxy) is 3. The Bertz CT molecular complexity index is 1060. The van der Waals surface area contributed by atoms with E-state index in [1.165, 1.54) is 7.11 Å². The molecule has 1 heterocycles. The molecule has 3 aromatic rings. The average Bonchev–Trinajstić information content (AvgIpc) is 2.73. The number of nitrogens with one attached hydrogen (secondary N) is 1. The maximum absolute atomic E-state index is 11.3. The van der Waals surface area contributed by atoms with Gasteiger partial charge in [-0.2, -0.15) is 0 Å². The number of fused-ring (bicyclic) bond motifs is 1. The van der Waals surface area contributed by atoms with Crippen molar-refractivity contribution in [2.45, 2.75) is 26.3 Å². The van der Waals surface area contributed by atoms with Crippen molar-refractivity contribution in [3.05, 3.63) is 52.3 Å². The van der Waals surface area contributed by atoms with E-state index >= 15 is 0 Å². The largest absolute Gasteiger partial charge is 0.493 e. The summed E-state index contributed by atoms with van der Waals surface area (Å²) in [7, 11) is 2.92. The summed E-state index contributed by atoms with van der Waals surface area (Å²) in [5.74, 6) is 2.07. The van der Waals surface area contributed by atoms with Gasteiger partial charge in [-0.15, -0.1) is 0 Å². The van der Waals surface area contributed by atoms with E-state index in [0.29, 0.717) is 23.1 Å². The van der Waals surface area contributed by atoms with E-state index in [0.717, 1.165) is 20.9 Å². The lowest BCUT2D eigenvalue weighted by atomic mass is 10.1. The molecule has 8 heteroatoms. The molecule has 0 saturated heterocycles. The third-order valence-electron chi connectivity index (χ3n) is 4.59. The van der Waals surface area contributed by atoms with Crippen LogP contribution in [-0.2, 0) is 9.53 Å². The molecule has 1 aromatic heterocycles. The van der Waals surface area contributed by atoms with Crippen molar-refractivity contribution in [2.24, 2.45) is 0 Å². The quantitative estimate of drug-likeness (QED) is 0.469. The molecule has 30 heavy (non-hydrogen) atoms. The van der Waals surface area contributed by atoms with Crippen LogP contribution in [0.2, 0.25) is 0 Å². The van der Waals surface area contributed by atoms with Crippen molar-refractivity contribution in [2.75, 3.05) is 26.1 Å². The van der Waals surface area contributed by atoms with E-state index in [1.54, 1.807) is 13.2 Å². The number of carbonyl (C=O) groups is 1. The highest BCUT2D eigenvalue weighted by molar-refractivity contribution is 9.10. The predicted molar refractivity (Wildman–Crippen MR) is 119 cm³/mol. The van der Waals surface area contributed by atoms with Gasteiger partial charge in [0.05, 0.1) is 38.8 Å². The van der Waals surface area contributed by atoms with Crippen LogP contribution in [0.4, 0.5) is 5.82 Å². The summed E-state index contributed by atoms with van der Waals surface area (Å²) in [4.78, 5) is 20.5. The molecule has 0 fully saturated rings. The molecule has 7 nitrogen and oxygen atoms in total. The number of anilines is 1. The molecule has 1 N–H and O–H groups in total. The third-order valence-corrected chi connectivity index (χ3v) is 5.08. The van der Waals surface area contributed by atoms with E-state index in [-0.39, 0.29) is 25.0 Å². The smallest absolute Gasteiger partial charge is 0.308 e. The summed E-state index contributed by atoms with van der Waals surface area (Å²) < 4.78 is 16.9. The Morgan fingerprint density at radius 3 is 2.67 bits per heavy atom. The molecule has 1 atom stereocenters. The van der Waals surface area contributed by atoms with Gasteiger partial charge < -0.3 is 19.5 Å². The standard InChI is InChI=1S/C22H24BrN3O4/c1-13(15-6-5-7-16(23)10-15)24-22-17-11-19(28-3)20(30-9-8-21(27)29-4)12-18(17)25-14(2)26-22/h5-7,10-13H,8-9H2,1-4H3,(H,24,25,26)/t13-/m1/s1. The topological polar surface area (TPSA) is 82.6 Å². The van der Waals surface area contributed by atoms with Crippen LogP contribution in [0.3, 0.4) is 0 Å². The van der Waals surface area contributed by atoms with Gasteiger partial charge in [0.25, 0.3) is 0 Å². The molecule has 0 aliphatic carbocycles. The number of aromatic nitrogens is 2. The maximum Gasteiger partial charge on any atom is 0.308 e. The van der Waals surface area contributed by atoms with Crippen molar-refractivity contribution in [1.29, 1.82) is 0 Å². The molecule has 0 radical (unpaired) electrons. The van der Waals surface area contributed by atoms with Crippen LogP contribution < -0.4 is 14.8 Å². The van der Waals surface area contributed by atoms with Gasteiger partial charge in [0.1, 0.15) is 11.6 Å². The number of hydrogen-bond acceptors (Lipinski definition) is 7. The number of rotatable bonds is 8. The van der Waals surface area contributed by atoms with Crippen molar-refractivity contribution in [1.82, 2.24) is 9.97 Å². The Labute approximate surface area is 183 Å². The molecule has 0 spiro atoms. The van der Waals surface area contributed by atoms with E-state index in [1.807, 2.05) is 25.1 Å². The number of aryl methyl sites for hydroxylation is 1. The molecule has 0 bridgehead atoms. The molecule has 0 amide bonds. The molecule has 0 saturated carbocycles. The summed E-state index contributed by atoms with van der Waals surface area (Å²) in [6.07, 6.45) is 0.150. The van der Waals surface area contributed by atoms with Crippen LogP contribution in [-0.4, -0.2) is 36.8 Å². The first kappa shape index (κ1) is 21.8. The highest BCUT2D eigenvalue weighted by atomic mass is 79.9. The molecule has 3 rings (SSSR count). The van der Waals surface area contributed by atoms with Crippen LogP contribution in [0, 0.1) is 6.92 Å². The van der Waals surface area contributed by atoms with Gasteiger partial charge in [-0.05, 0) is 37.6 Å². The zero-order valence-corrected chi connectivity index (χ0v) is 18.9. The first-order chi connectivity index (χ1) is 14.4. The lowest BCUT2D eigenvalue weighted by Gasteiger charge is -2.18. The Kier molecular flexibility index (Phi) is 7.10. The lowest BCUT2D eigenvalue weighted by Crippen LogP contribution is -2.10. The van der Waals surface area contributed by atoms with E-state index in [4.69, 9.17) is 9.47 Å². The fourth-order valence-corrected chi connectivity index (χ4v) is 3.46. The Morgan fingerprint density at radius 2 is 1.97 bits per heavy atom. The Balaban J connectivity index is 1.92. The van der Waals surface area contributed by atoms with Gasteiger partial charge in [-0.25, -0.2) is 9.97 Å². The highest BCUT2D eigenvalue weighted by Crippen LogP contribution is 2.35. The summed E-state index contributed by atoms with van der Waals surface area (Å²) in [6, 6.07) is 11.8. The number of halogens is 1. The monoisotopic (exact) mass is 473 g/mol. The van der Waals surface area contributed by atoms with Crippen LogP contribution in [0.5, 0.6) is 11.5 Å². The lowest BCUT2D eigenvalue weighted by molar-refractivity contribution is -0.141. The SMILES string of the molecule is COC(=O)CCOc1cc2nc(C)nc(N[C@H](C)c3cccc(Br)c3)c2cc1OC. The highest BCUT2D eigenvalue weighted by Gasteiger charge is 2.15. The third kappa shape index (κ3) is 5.18. The number of benzene rings is 2. The van der Waals surface area contributed by atoms with Crippen molar-refractivity contribution >= 4 is 38.6 Å². The molecule has 0 unspecified atom stereocenters. The van der Waals surface area contributed by atoms with Gasteiger partial charge in [0, 0.05) is 15.9 Å². The molecular formula is C22H24BrN3O4. The molecule has 0 aliphatic rings. The summed E-state index contributed by atoms with van der Waals surface area (Å²) in [5.41, 5.74) is 1.85. The fourth-order valence-electron chi connectivity index (χ4n) is 3.05. The van der Waals surface area contributed by atoms with Crippen LogP contribution in [0.1, 0.15) is 30.8 Å². The van der Waals surface area contributed by atoms with Crippen molar-refractivity contribution in [3.8, 4) is 11.5 Å². The van der Waals surface area contributed by atoms with Crippen LogP contribution in [0.25, 0.3) is 10.9 Å². The minimum Gasteiger partial charge on any atom is -0.493 e. The fraction of sp³-hybridized carbons (Fsp3) is 0.318. The van der Waals surface area contributed by atoms with E-state index < -0.39 is 0 Å². The van der Waals surface area contributed by atoms with Crippen molar-refractivity contribution < 1.29 is 19.0 Å². The second-order valence-electron chi connectivity index (χ2n) is 6.74. The number of methoxy groups -OCH3 is 2. The van der Waals surface area contributed by atoms with Gasteiger partial charge in [-0.3, -0.25) is 4.79 Å². The second-order valence-corrected chi connectivity index (χ2v) is 7.65. The number of esters is 1. The van der Waals surface area contributed by atoms with Crippen LogP contribution >= 0.6 is 15.9 Å². The Morgan fingerprint density at radius 1 is 1.17 bits per heavy atom. The average molecular weight is 474 g/mol. The van der Waals surface area contributed by atoms with Crippen LogP contribution in [0.15, 0.2) is 40.9 Å².